The second-order valence-corrected chi connectivity index (χ2v) is 4.77. The summed E-state index contributed by atoms with van der Waals surface area (Å²) in [4.78, 5) is 10.8. The van der Waals surface area contributed by atoms with Gasteiger partial charge in [-0.1, -0.05) is 6.92 Å². The van der Waals surface area contributed by atoms with Crippen LogP contribution in [0.2, 0.25) is 0 Å². The maximum atomic E-state index is 10.8. The number of carbonyl (C=O) groups is 1. The Labute approximate surface area is 60.3 Å². The summed E-state index contributed by atoms with van der Waals surface area (Å²) < 4.78 is 21.6. The summed E-state index contributed by atoms with van der Waals surface area (Å²) in [5.74, 6) is 0.0647. The molecule has 0 aromatic carbocycles. The van der Waals surface area contributed by atoms with Crippen molar-refractivity contribution in [2.75, 3.05) is 5.75 Å². The molecule has 0 spiro atoms. The Bertz CT molecular complexity index is 240. The first-order chi connectivity index (χ1) is 4.58. The first-order valence-corrected chi connectivity index (χ1v) is 5.03. The number of rotatable bonds is 2. The molecule has 10 heavy (non-hydrogen) atoms. The van der Waals surface area contributed by atoms with Gasteiger partial charge in [0.15, 0.2) is 15.6 Å². The molecule has 3 nitrogen and oxygen atoms in total. The van der Waals surface area contributed by atoms with E-state index >= 15 is 0 Å². The monoisotopic (exact) mass is 162 g/mol. The van der Waals surface area contributed by atoms with Crippen LogP contribution in [0.15, 0.2) is 0 Å². The number of sulfone groups is 1. The third-order valence-corrected chi connectivity index (χ3v) is 3.98. The van der Waals surface area contributed by atoms with Gasteiger partial charge in [0, 0.05) is 6.42 Å². The molecule has 1 saturated heterocycles. The fraction of sp³-hybridized carbons (Fsp3) is 0.833. The lowest BCUT2D eigenvalue weighted by molar-refractivity contribution is -0.118. The van der Waals surface area contributed by atoms with Gasteiger partial charge in [-0.2, -0.15) is 0 Å². The molecule has 1 unspecified atom stereocenters. The van der Waals surface area contributed by atoms with Gasteiger partial charge in [-0.05, 0) is 6.42 Å². The molecule has 0 aliphatic carbocycles. The molecule has 0 aromatic rings. The third-order valence-electron chi connectivity index (χ3n) is 1.81. The molecular weight excluding hydrogens is 152 g/mol. The van der Waals surface area contributed by atoms with E-state index in [0.29, 0.717) is 12.8 Å². The average Bonchev–Trinajstić information content (AvgIpc) is 1.86. The smallest absolute Gasteiger partial charge is 0.160 e. The van der Waals surface area contributed by atoms with E-state index in [1.165, 1.54) is 0 Å². The minimum Gasteiger partial charge on any atom is -0.298 e. The maximum absolute atomic E-state index is 10.8. The van der Waals surface area contributed by atoms with Crippen LogP contribution < -0.4 is 0 Å². The Morgan fingerprint density at radius 1 is 1.60 bits per heavy atom. The zero-order valence-electron chi connectivity index (χ0n) is 5.83. The van der Waals surface area contributed by atoms with Crippen molar-refractivity contribution < 1.29 is 13.2 Å². The van der Waals surface area contributed by atoms with Crippen molar-refractivity contribution in [1.82, 2.24) is 0 Å². The molecule has 0 saturated carbocycles. The standard InChI is InChI=1S/C6H10O3S/c1-2-5(7)6-3-4-10(6,8)9/h6H,2-4H2,1H3. The van der Waals surface area contributed by atoms with Crippen molar-refractivity contribution in [3.63, 3.8) is 0 Å². The van der Waals surface area contributed by atoms with Crippen molar-refractivity contribution in [2.45, 2.75) is 25.0 Å². The zero-order chi connectivity index (χ0) is 7.78. The fourth-order valence-corrected chi connectivity index (χ4v) is 2.44. The molecule has 0 amide bonds. The van der Waals surface area contributed by atoms with Gasteiger partial charge in [-0.25, -0.2) is 8.42 Å². The first kappa shape index (κ1) is 7.72. The van der Waals surface area contributed by atoms with Gasteiger partial charge < -0.3 is 0 Å². The van der Waals surface area contributed by atoms with Crippen LogP contribution in [0.3, 0.4) is 0 Å². The Hall–Kier alpha value is -0.380. The van der Waals surface area contributed by atoms with Crippen molar-refractivity contribution in [3.05, 3.63) is 0 Å². The SMILES string of the molecule is CCC(=O)C1CCS1(=O)=O. The highest BCUT2D eigenvalue weighted by Gasteiger charge is 2.39. The number of carbonyl (C=O) groups excluding carboxylic acids is 1. The molecule has 58 valence electrons. The summed E-state index contributed by atoms with van der Waals surface area (Å²) in [7, 11) is -2.98. The predicted octanol–water partition coefficient (Wildman–Crippen LogP) is 0.153. The number of hydrogen-bond acceptors (Lipinski definition) is 3. The molecule has 1 heterocycles. The summed E-state index contributed by atoms with van der Waals surface area (Å²) in [5.41, 5.74) is 0. The third kappa shape index (κ3) is 1.08. The van der Waals surface area contributed by atoms with E-state index in [-0.39, 0.29) is 11.5 Å². The van der Waals surface area contributed by atoms with E-state index in [0.717, 1.165) is 0 Å². The zero-order valence-corrected chi connectivity index (χ0v) is 6.65. The second-order valence-electron chi connectivity index (χ2n) is 2.46. The topological polar surface area (TPSA) is 51.2 Å². The summed E-state index contributed by atoms with van der Waals surface area (Å²) in [5, 5.41) is -0.655. The van der Waals surface area contributed by atoms with Crippen LogP contribution in [0.1, 0.15) is 19.8 Å². The number of hydrogen-bond donors (Lipinski definition) is 0. The van der Waals surface area contributed by atoms with Crippen molar-refractivity contribution >= 4 is 15.6 Å². The maximum Gasteiger partial charge on any atom is 0.160 e. The van der Waals surface area contributed by atoms with Crippen molar-refractivity contribution in [1.29, 1.82) is 0 Å². The van der Waals surface area contributed by atoms with Gasteiger partial charge in [-0.3, -0.25) is 4.79 Å². The highest BCUT2D eigenvalue weighted by molar-refractivity contribution is 7.94. The van der Waals surface area contributed by atoms with Crippen LogP contribution in [0, 0.1) is 0 Å². The van der Waals surface area contributed by atoms with Crippen LogP contribution in [0.25, 0.3) is 0 Å². The van der Waals surface area contributed by atoms with Gasteiger partial charge >= 0.3 is 0 Å². The summed E-state index contributed by atoms with van der Waals surface area (Å²) in [6, 6.07) is 0. The van der Waals surface area contributed by atoms with Crippen LogP contribution in [-0.2, 0) is 14.6 Å². The molecule has 0 radical (unpaired) electrons. The highest BCUT2D eigenvalue weighted by Crippen LogP contribution is 2.21. The molecule has 0 bridgehead atoms. The average molecular weight is 162 g/mol. The Balaban J connectivity index is 2.69. The molecular formula is C6H10O3S. The van der Waals surface area contributed by atoms with E-state index in [9.17, 15) is 13.2 Å². The molecule has 1 fully saturated rings. The minimum atomic E-state index is -2.98. The Morgan fingerprint density at radius 2 is 2.20 bits per heavy atom. The van der Waals surface area contributed by atoms with Gasteiger partial charge in [0.1, 0.15) is 5.25 Å². The lowest BCUT2D eigenvalue weighted by atomic mass is 10.2. The largest absolute Gasteiger partial charge is 0.298 e. The predicted molar refractivity (Wildman–Crippen MR) is 37.5 cm³/mol. The van der Waals surface area contributed by atoms with Crippen molar-refractivity contribution in [2.24, 2.45) is 0 Å². The lowest BCUT2D eigenvalue weighted by Gasteiger charge is -2.23. The molecule has 1 rings (SSSR count). The summed E-state index contributed by atoms with van der Waals surface area (Å²) >= 11 is 0. The van der Waals surface area contributed by atoms with Crippen LogP contribution in [-0.4, -0.2) is 25.2 Å². The van der Waals surface area contributed by atoms with Crippen LogP contribution in [0.4, 0.5) is 0 Å². The van der Waals surface area contributed by atoms with Crippen molar-refractivity contribution in [3.8, 4) is 0 Å². The molecule has 0 aromatic heterocycles. The molecule has 4 heteroatoms. The van der Waals surface area contributed by atoms with Gasteiger partial charge in [0.05, 0.1) is 5.75 Å². The number of ketones is 1. The Kier molecular flexibility index (Phi) is 1.81. The van der Waals surface area contributed by atoms with Crippen LogP contribution >= 0.6 is 0 Å². The van der Waals surface area contributed by atoms with E-state index in [1.807, 2.05) is 0 Å². The fourth-order valence-electron chi connectivity index (χ4n) is 1.02. The second kappa shape index (κ2) is 2.34. The van der Waals surface area contributed by atoms with Crippen LogP contribution in [0.5, 0.6) is 0 Å². The van der Waals surface area contributed by atoms with E-state index in [1.54, 1.807) is 6.92 Å². The van der Waals surface area contributed by atoms with E-state index < -0.39 is 15.1 Å². The summed E-state index contributed by atoms with van der Waals surface area (Å²) in [6.45, 7) is 1.69. The van der Waals surface area contributed by atoms with E-state index in [4.69, 9.17) is 0 Å². The molecule has 1 aliphatic rings. The summed E-state index contributed by atoms with van der Waals surface area (Å²) in [6.07, 6.45) is 0.874. The number of Topliss-reactive ketones (excluding diaryl/α,β-unsaturated/α-hetero) is 1. The molecule has 1 aliphatic heterocycles. The molecule has 0 N–H and O–H groups in total. The highest BCUT2D eigenvalue weighted by atomic mass is 32.2. The minimum absolute atomic E-state index is 0.133. The lowest BCUT2D eigenvalue weighted by Crippen LogP contribution is -2.42. The van der Waals surface area contributed by atoms with E-state index in [2.05, 4.69) is 0 Å². The van der Waals surface area contributed by atoms with Gasteiger partial charge in [-0.15, -0.1) is 0 Å². The molecule has 1 atom stereocenters. The Morgan fingerprint density at radius 3 is 2.30 bits per heavy atom. The quantitative estimate of drug-likeness (QED) is 0.581. The van der Waals surface area contributed by atoms with Gasteiger partial charge in [0.25, 0.3) is 0 Å². The van der Waals surface area contributed by atoms with Gasteiger partial charge in [0.2, 0.25) is 0 Å². The first-order valence-electron chi connectivity index (χ1n) is 3.32. The normalized spacial score (nSPS) is 29.1.